The van der Waals surface area contributed by atoms with E-state index >= 15 is 0 Å². The lowest BCUT2D eigenvalue weighted by Gasteiger charge is -2.22. The molecule has 0 fully saturated rings. The summed E-state index contributed by atoms with van der Waals surface area (Å²) >= 11 is 5.26. The van der Waals surface area contributed by atoms with E-state index < -0.39 is 0 Å². The highest BCUT2D eigenvalue weighted by Crippen LogP contribution is 2.26. The maximum atomic E-state index is 9.25. The summed E-state index contributed by atoms with van der Waals surface area (Å²) in [6.45, 7) is 5.01. The second-order valence-corrected chi connectivity index (χ2v) is 6.90. The Hall–Kier alpha value is -0.570. The van der Waals surface area contributed by atoms with Gasteiger partial charge in [0.2, 0.25) is 0 Å². The molecule has 0 aliphatic heterocycles. The van der Waals surface area contributed by atoms with E-state index in [2.05, 4.69) is 39.2 Å². The SMILES string of the molecule is CCCNC(C)(C#N)CCCCSc1ncccc1Br. The maximum absolute atomic E-state index is 9.25. The highest BCUT2D eigenvalue weighted by Gasteiger charge is 2.21. The molecule has 1 aromatic rings. The molecule has 1 aromatic heterocycles. The van der Waals surface area contributed by atoms with Gasteiger partial charge >= 0.3 is 0 Å². The topological polar surface area (TPSA) is 48.7 Å². The highest BCUT2D eigenvalue weighted by molar-refractivity contribution is 9.10. The molecule has 1 unspecified atom stereocenters. The number of nitrogens with one attached hydrogen (secondary N) is 1. The van der Waals surface area contributed by atoms with E-state index in [4.69, 9.17) is 0 Å². The molecule has 1 atom stereocenters. The zero-order valence-corrected chi connectivity index (χ0v) is 14.6. The molecule has 110 valence electrons. The first-order valence-electron chi connectivity index (χ1n) is 7.01. The summed E-state index contributed by atoms with van der Waals surface area (Å²) in [6.07, 6.45) is 5.92. The number of rotatable bonds is 9. The number of pyridine rings is 1. The van der Waals surface area contributed by atoms with Gasteiger partial charge in [0.05, 0.1) is 6.07 Å². The van der Waals surface area contributed by atoms with Crippen LogP contribution in [0.3, 0.4) is 0 Å². The van der Waals surface area contributed by atoms with E-state index in [1.165, 1.54) is 0 Å². The normalized spacial score (nSPS) is 13.7. The zero-order chi connectivity index (χ0) is 14.8. The Labute approximate surface area is 134 Å². The number of unbranched alkanes of at least 4 members (excludes halogenated alkanes) is 1. The predicted molar refractivity (Wildman–Crippen MR) is 88.8 cm³/mol. The van der Waals surface area contributed by atoms with Crippen LogP contribution < -0.4 is 5.32 Å². The molecule has 0 spiro atoms. The van der Waals surface area contributed by atoms with Crippen molar-refractivity contribution in [1.29, 1.82) is 5.26 Å². The smallest absolute Gasteiger partial charge is 0.110 e. The molecule has 1 N–H and O–H groups in total. The van der Waals surface area contributed by atoms with Crippen LogP contribution in [0.5, 0.6) is 0 Å². The van der Waals surface area contributed by atoms with Gasteiger partial charge in [0.25, 0.3) is 0 Å². The lowest BCUT2D eigenvalue weighted by molar-refractivity contribution is 0.406. The van der Waals surface area contributed by atoms with Crippen molar-refractivity contribution in [2.24, 2.45) is 0 Å². The van der Waals surface area contributed by atoms with E-state index in [0.717, 1.165) is 47.5 Å². The average Bonchev–Trinajstić information content (AvgIpc) is 2.46. The Kier molecular flexibility index (Phi) is 8.20. The molecule has 0 bridgehead atoms. The molecule has 3 nitrogen and oxygen atoms in total. The van der Waals surface area contributed by atoms with Crippen LogP contribution in [0.25, 0.3) is 0 Å². The van der Waals surface area contributed by atoms with Crippen LogP contribution in [0.15, 0.2) is 27.8 Å². The van der Waals surface area contributed by atoms with Crippen molar-refractivity contribution < 1.29 is 0 Å². The van der Waals surface area contributed by atoms with Crippen molar-refractivity contribution in [2.45, 2.75) is 50.1 Å². The van der Waals surface area contributed by atoms with E-state index in [1.54, 1.807) is 11.8 Å². The van der Waals surface area contributed by atoms with Gasteiger partial charge in [-0.2, -0.15) is 5.26 Å². The molecule has 0 radical (unpaired) electrons. The van der Waals surface area contributed by atoms with E-state index in [-0.39, 0.29) is 5.54 Å². The first kappa shape index (κ1) is 17.5. The fourth-order valence-corrected chi connectivity index (χ4v) is 3.29. The minimum absolute atomic E-state index is 0.383. The second-order valence-electron chi connectivity index (χ2n) is 4.97. The Bertz CT molecular complexity index is 447. The molecule has 0 aliphatic carbocycles. The number of nitriles is 1. The van der Waals surface area contributed by atoms with Crippen molar-refractivity contribution in [1.82, 2.24) is 10.3 Å². The summed E-state index contributed by atoms with van der Waals surface area (Å²) < 4.78 is 1.05. The van der Waals surface area contributed by atoms with Crippen LogP contribution in [0.1, 0.15) is 39.5 Å². The van der Waals surface area contributed by atoms with Gasteiger partial charge in [-0.1, -0.05) is 6.92 Å². The minimum Gasteiger partial charge on any atom is -0.300 e. The fourth-order valence-electron chi connectivity index (χ4n) is 1.81. The van der Waals surface area contributed by atoms with Crippen LogP contribution >= 0.6 is 27.7 Å². The molecule has 0 amide bonds. The Morgan fingerprint density at radius 1 is 1.50 bits per heavy atom. The summed E-state index contributed by atoms with van der Waals surface area (Å²) in [7, 11) is 0. The summed E-state index contributed by atoms with van der Waals surface area (Å²) in [6, 6.07) is 6.33. The summed E-state index contributed by atoms with van der Waals surface area (Å²) in [5.74, 6) is 1.03. The van der Waals surface area contributed by atoms with E-state index in [0.29, 0.717) is 0 Å². The molecule has 0 saturated carbocycles. The number of thioether (sulfide) groups is 1. The van der Waals surface area contributed by atoms with Gasteiger partial charge in [-0.25, -0.2) is 4.98 Å². The lowest BCUT2D eigenvalue weighted by Crippen LogP contribution is -2.41. The molecule has 1 heterocycles. The van der Waals surface area contributed by atoms with Gasteiger partial charge in [-0.3, -0.25) is 5.32 Å². The molecule has 5 heteroatoms. The molecule has 0 saturated heterocycles. The minimum atomic E-state index is -0.383. The molecule has 20 heavy (non-hydrogen) atoms. The third kappa shape index (κ3) is 6.25. The van der Waals surface area contributed by atoms with Crippen LogP contribution in [-0.2, 0) is 0 Å². The number of aromatic nitrogens is 1. The first-order valence-corrected chi connectivity index (χ1v) is 8.79. The van der Waals surface area contributed by atoms with Gasteiger partial charge in [-0.05, 0) is 73.0 Å². The largest absolute Gasteiger partial charge is 0.300 e. The van der Waals surface area contributed by atoms with Crippen LogP contribution in [0.4, 0.5) is 0 Å². The van der Waals surface area contributed by atoms with E-state index in [1.807, 2.05) is 25.3 Å². The average molecular weight is 356 g/mol. The second kappa shape index (κ2) is 9.38. The van der Waals surface area contributed by atoms with E-state index in [9.17, 15) is 5.26 Å². The van der Waals surface area contributed by atoms with Crippen molar-refractivity contribution in [3.05, 3.63) is 22.8 Å². The Morgan fingerprint density at radius 3 is 2.95 bits per heavy atom. The molecule has 1 rings (SSSR count). The van der Waals surface area contributed by atoms with Gasteiger partial charge in [0.1, 0.15) is 10.6 Å². The fraction of sp³-hybridized carbons (Fsp3) is 0.600. The molecular formula is C15H22BrN3S. The molecular weight excluding hydrogens is 334 g/mol. The lowest BCUT2D eigenvalue weighted by atomic mass is 9.96. The van der Waals surface area contributed by atoms with Crippen molar-refractivity contribution in [3.8, 4) is 6.07 Å². The highest BCUT2D eigenvalue weighted by atomic mass is 79.9. The number of hydrogen-bond acceptors (Lipinski definition) is 4. The number of halogens is 1. The third-order valence-corrected chi connectivity index (χ3v) is 5.04. The first-order chi connectivity index (χ1) is 9.61. The number of hydrogen-bond donors (Lipinski definition) is 1. The zero-order valence-electron chi connectivity index (χ0n) is 12.2. The summed E-state index contributed by atoms with van der Waals surface area (Å²) in [5.41, 5.74) is -0.383. The third-order valence-electron chi connectivity index (χ3n) is 3.05. The van der Waals surface area contributed by atoms with Gasteiger partial charge in [-0.15, -0.1) is 11.8 Å². The van der Waals surface area contributed by atoms with Gasteiger partial charge in [0, 0.05) is 10.7 Å². The van der Waals surface area contributed by atoms with Crippen molar-refractivity contribution in [3.63, 3.8) is 0 Å². The maximum Gasteiger partial charge on any atom is 0.110 e. The molecule has 0 aliphatic rings. The molecule has 0 aromatic carbocycles. The van der Waals surface area contributed by atoms with Crippen LogP contribution in [0.2, 0.25) is 0 Å². The predicted octanol–water partition coefficient (Wildman–Crippen LogP) is 4.39. The Balaban J connectivity index is 2.25. The van der Waals surface area contributed by atoms with Gasteiger partial charge in [0.15, 0.2) is 0 Å². The van der Waals surface area contributed by atoms with Gasteiger partial charge < -0.3 is 0 Å². The monoisotopic (exact) mass is 355 g/mol. The quantitative estimate of drug-likeness (QED) is 0.527. The Morgan fingerprint density at radius 2 is 2.30 bits per heavy atom. The summed E-state index contributed by atoms with van der Waals surface area (Å²) in [5, 5.41) is 13.6. The number of nitrogens with zero attached hydrogens (tertiary/aromatic N) is 2. The summed E-state index contributed by atoms with van der Waals surface area (Å²) in [4.78, 5) is 4.33. The van der Waals surface area contributed by atoms with Crippen molar-refractivity contribution >= 4 is 27.7 Å². The van der Waals surface area contributed by atoms with Crippen LogP contribution in [0, 0.1) is 11.3 Å². The van der Waals surface area contributed by atoms with Crippen LogP contribution in [-0.4, -0.2) is 22.8 Å². The standard InChI is InChI=1S/C15H22BrN3S/c1-3-9-19-15(2,12-17)8-4-5-11-20-14-13(16)7-6-10-18-14/h6-7,10,19H,3-5,8-9,11H2,1-2H3. The van der Waals surface area contributed by atoms with Crippen molar-refractivity contribution in [2.75, 3.05) is 12.3 Å².